The number of aliphatic imine (C=N–C) groups is 1. The first-order chi connectivity index (χ1) is 4.50. The molecule has 0 fully saturated rings. The van der Waals surface area contributed by atoms with E-state index in [2.05, 4.69) is 4.99 Å². The van der Waals surface area contributed by atoms with Crippen LogP contribution in [-0.4, -0.2) is 23.7 Å². The van der Waals surface area contributed by atoms with Crippen molar-refractivity contribution in [1.82, 2.24) is 0 Å². The lowest BCUT2D eigenvalue weighted by atomic mass is 9.64. The second-order valence-electron chi connectivity index (χ2n) is 2.84. The van der Waals surface area contributed by atoms with E-state index in [9.17, 15) is 5.11 Å². The Kier molecular flexibility index (Phi) is 1.56. The summed E-state index contributed by atoms with van der Waals surface area (Å²) in [5.41, 5.74) is 5.73. The highest BCUT2D eigenvalue weighted by molar-refractivity contribution is 6.81. The van der Waals surface area contributed by atoms with Crippen LogP contribution >= 0.6 is 0 Å². The van der Waals surface area contributed by atoms with E-state index < -0.39 is 5.60 Å². The lowest BCUT2D eigenvalue weighted by Crippen LogP contribution is -2.29. The molecule has 1 heterocycles. The minimum atomic E-state index is -0.829. The van der Waals surface area contributed by atoms with Gasteiger partial charge in [0, 0.05) is 6.20 Å². The summed E-state index contributed by atoms with van der Waals surface area (Å²) in [6, 6.07) is 0. The highest BCUT2D eigenvalue weighted by atomic mass is 16.3. The van der Waals surface area contributed by atoms with Crippen LogP contribution in [0.15, 0.2) is 16.7 Å². The Labute approximate surface area is 60.9 Å². The Hall–Kier alpha value is -0.765. The third kappa shape index (κ3) is 1.39. The topological polar surface area (TPSA) is 58.6 Å². The molecular weight excluding hydrogens is 127 g/mol. The molecule has 0 bridgehead atoms. The second kappa shape index (κ2) is 2.13. The first-order valence-corrected chi connectivity index (χ1v) is 3.11. The van der Waals surface area contributed by atoms with Crippen LogP contribution in [0.2, 0.25) is 0 Å². The van der Waals surface area contributed by atoms with E-state index in [1.165, 1.54) is 0 Å². The van der Waals surface area contributed by atoms with E-state index in [1.807, 2.05) is 0 Å². The molecule has 0 aromatic rings. The lowest BCUT2D eigenvalue weighted by Gasteiger charge is -2.17. The maximum absolute atomic E-state index is 9.41. The van der Waals surface area contributed by atoms with Gasteiger partial charge in [0.05, 0.1) is 11.3 Å². The third-order valence-electron chi connectivity index (χ3n) is 1.36. The summed E-state index contributed by atoms with van der Waals surface area (Å²) in [5.74, 6) is 0. The summed E-state index contributed by atoms with van der Waals surface area (Å²) in [6.45, 7) is 3.40. The quantitative estimate of drug-likeness (QED) is 0.484. The van der Waals surface area contributed by atoms with E-state index in [1.54, 1.807) is 27.3 Å². The van der Waals surface area contributed by atoms with E-state index >= 15 is 0 Å². The van der Waals surface area contributed by atoms with E-state index in [0.717, 1.165) is 5.47 Å². The molecule has 10 heavy (non-hydrogen) atoms. The Balaban J connectivity index is 2.66. The zero-order valence-corrected chi connectivity index (χ0v) is 6.13. The minimum absolute atomic E-state index is 0.456. The van der Waals surface area contributed by atoms with Gasteiger partial charge in [-0.15, -0.1) is 0 Å². The number of rotatable bonds is 1. The summed E-state index contributed by atoms with van der Waals surface area (Å²) >= 11 is 0. The van der Waals surface area contributed by atoms with Crippen molar-refractivity contribution < 1.29 is 5.11 Å². The van der Waals surface area contributed by atoms with E-state index in [4.69, 9.17) is 5.73 Å². The number of nitrogens with zero attached hydrogens (tertiary/aromatic N) is 1. The Morgan fingerprint density at radius 1 is 1.70 bits per heavy atom. The van der Waals surface area contributed by atoms with Crippen LogP contribution in [0.3, 0.4) is 0 Å². The summed E-state index contributed by atoms with van der Waals surface area (Å²) in [7, 11) is 1.67. The maximum atomic E-state index is 9.41. The largest absolute Gasteiger partial charge is 0.395 e. The van der Waals surface area contributed by atoms with Crippen LogP contribution in [0.5, 0.6) is 0 Å². The van der Waals surface area contributed by atoms with Crippen LogP contribution in [0, 0.1) is 0 Å². The first-order valence-electron chi connectivity index (χ1n) is 3.11. The fraction of sp³-hybridized carbons (Fsp3) is 0.500. The number of aliphatic hydroxyl groups is 1. The molecule has 3 N–H and O–H groups in total. The molecular formula is C6H10BN2O. The van der Waals surface area contributed by atoms with Gasteiger partial charge in [-0.2, -0.15) is 0 Å². The lowest BCUT2D eigenvalue weighted by molar-refractivity contribution is 0.128. The highest BCUT2D eigenvalue weighted by Gasteiger charge is 2.23. The average molecular weight is 137 g/mol. The van der Waals surface area contributed by atoms with Crippen molar-refractivity contribution in [2.45, 2.75) is 19.4 Å². The molecule has 53 valence electrons. The molecule has 0 spiro atoms. The number of nitrogens with two attached hydrogens (primary N) is 1. The van der Waals surface area contributed by atoms with Gasteiger partial charge in [-0.25, -0.2) is 0 Å². The molecule has 0 unspecified atom stereocenters. The zero-order valence-electron chi connectivity index (χ0n) is 6.13. The highest BCUT2D eigenvalue weighted by Crippen LogP contribution is 2.16. The molecule has 1 aliphatic rings. The Morgan fingerprint density at radius 3 is 2.50 bits per heavy atom. The van der Waals surface area contributed by atoms with Gasteiger partial charge in [-0.3, -0.25) is 4.99 Å². The molecule has 1 aliphatic heterocycles. The van der Waals surface area contributed by atoms with Gasteiger partial charge in [0.25, 0.3) is 0 Å². The summed E-state index contributed by atoms with van der Waals surface area (Å²) in [5, 5.41) is 9.41. The fourth-order valence-electron chi connectivity index (χ4n) is 0.713. The minimum Gasteiger partial charge on any atom is -0.395 e. The van der Waals surface area contributed by atoms with Crippen molar-refractivity contribution in [2.24, 2.45) is 10.7 Å². The smallest absolute Gasteiger partial charge is 0.239 e. The normalized spacial score (nSPS) is 17.9. The van der Waals surface area contributed by atoms with Crippen LogP contribution in [0.4, 0.5) is 0 Å². The molecule has 0 saturated carbocycles. The molecule has 3 nitrogen and oxygen atoms in total. The molecule has 1 rings (SSSR count). The van der Waals surface area contributed by atoms with Crippen molar-refractivity contribution in [1.29, 1.82) is 0 Å². The summed E-state index contributed by atoms with van der Waals surface area (Å²) < 4.78 is 0. The van der Waals surface area contributed by atoms with Crippen LogP contribution in [-0.2, 0) is 0 Å². The Morgan fingerprint density at radius 2 is 2.30 bits per heavy atom. The van der Waals surface area contributed by atoms with Crippen molar-refractivity contribution in [3.05, 3.63) is 11.7 Å². The maximum Gasteiger partial charge on any atom is 0.239 e. The number of amidine groups is 1. The molecule has 0 saturated heterocycles. The molecule has 0 aromatic carbocycles. The van der Waals surface area contributed by atoms with Crippen LogP contribution in [0.25, 0.3) is 0 Å². The predicted octanol–water partition coefficient (Wildman–Crippen LogP) is -0.369. The van der Waals surface area contributed by atoms with Gasteiger partial charge >= 0.3 is 0 Å². The van der Waals surface area contributed by atoms with Gasteiger partial charge in [0.15, 0.2) is 0 Å². The first kappa shape index (κ1) is 7.34. The Bertz CT molecular complexity index is 202. The number of hydrogen-bond donors (Lipinski definition) is 2. The van der Waals surface area contributed by atoms with Crippen molar-refractivity contribution >= 4 is 13.0 Å². The monoisotopic (exact) mass is 137 g/mol. The van der Waals surface area contributed by atoms with Gasteiger partial charge < -0.3 is 10.8 Å². The SMILES string of the molecule is CC(C)(O)C1=CN=C(N)[B]1. The molecule has 0 aromatic heterocycles. The second-order valence-corrected chi connectivity index (χ2v) is 2.84. The van der Waals surface area contributed by atoms with Gasteiger partial charge in [0.2, 0.25) is 7.28 Å². The molecule has 0 aliphatic carbocycles. The average Bonchev–Trinajstić information content (AvgIpc) is 2.11. The zero-order chi connectivity index (χ0) is 7.78. The molecule has 0 atom stereocenters. The number of hydrogen-bond acceptors (Lipinski definition) is 3. The van der Waals surface area contributed by atoms with Crippen molar-refractivity contribution in [3.8, 4) is 0 Å². The van der Waals surface area contributed by atoms with E-state index in [0.29, 0.717) is 5.73 Å². The van der Waals surface area contributed by atoms with E-state index in [-0.39, 0.29) is 0 Å². The van der Waals surface area contributed by atoms with Crippen LogP contribution < -0.4 is 5.73 Å². The standard InChI is InChI=1S/C6H10BN2O/c1-6(2,10)4-3-9-5(8)7-4/h3,10H,1-2H3,(H2,8,9). The summed E-state index contributed by atoms with van der Waals surface area (Å²) in [4.78, 5) is 3.80. The fourth-order valence-corrected chi connectivity index (χ4v) is 0.713. The molecule has 1 radical (unpaired) electrons. The van der Waals surface area contributed by atoms with Crippen LogP contribution in [0.1, 0.15) is 13.8 Å². The predicted molar refractivity (Wildman–Crippen MR) is 41.8 cm³/mol. The van der Waals surface area contributed by atoms with Gasteiger partial charge in [0.1, 0.15) is 0 Å². The summed E-state index contributed by atoms with van der Waals surface area (Å²) in [6.07, 6.45) is 1.58. The van der Waals surface area contributed by atoms with Crippen molar-refractivity contribution in [2.75, 3.05) is 0 Å². The van der Waals surface area contributed by atoms with Gasteiger partial charge in [-0.1, -0.05) is 5.47 Å². The molecule has 4 heteroatoms. The third-order valence-corrected chi connectivity index (χ3v) is 1.36. The van der Waals surface area contributed by atoms with Crippen molar-refractivity contribution in [3.63, 3.8) is 0 Å². The molecule has 0 amide bonds. The van der Waals surface area contributed by atoms with Gasteiger partial charge in [-0.05, 0) is 13.8 Å².